The van der Waals surface area contributed by atoms with E-state index in [1.54, 1.807) is 12.1 Å². The standard InChI is InChI=1S/C87H146N4O21P2/c1-7-10-13-16-19-22-25-28-31-34-37-40-43-46-49-52-57-103-75-60-72(61-76(104-58-53-50-47-44-41-38-35-32-29-26-23-20-17-14-11-8-2)82(75)105-59-54-51-48-45-42-39-36-33-30-27-24-21-18-15-12-9-3)85(96)106-68-91-84(95)70(5)65-90(87(91)98)80-62-73(111-81(93)56-55-71(6)92)78(110-80)67-108-114(101,102)112-74-63-79(109-77(74)66-107-113(99)100)89-64-69(4)83(94)88-86(89)97/h60-61,64-65,73-74,77-80H,7-59,62-63,66-68H2,1-6H3,(H2-,88,94,97,99,100,101,102)/p+1/t73?,74?,77-,78-,79-,80-/m1/s1. The van der Waals surface area contributed by atoms with E-state index in [0.29, 0.717) is 37.1 Å². The van der Waals surface area contributed by atoms with Crippen LogP contribution in [0.4, 0.5) is 0 Å². The van der Waals surface area contributed by atoms with Gasteiger partial charge in [-0.3, -0.25) is 37.5 Å². The van der Waals surface area contributed by atoms with Gasteiger partial charge < -0.3 is 42.8 Å². The molecule has 27 heteroatoms. The summed E-state index contributed by atoms with van der Waals surface area (Å²) >= 11 is 0. The molecule has 2 saturated heterocycles. The van der Waals surface area contributed by atoms with Gasteiger partial charge in [-0.1, -0.05) is 310 Å². The van der Waals surface area contributed by atoms with E-state index in [9.17, 15) is 52.5 Å². The van der Waals surface area contributed by atoms with Crippen LogP contribution in [-0.2, 0) is 58.0 Å². The number of ether oxygens (including phenoxy) is 7. The van der Waals surface area contributed by atoms with Crippen LogP contribution in [0.5, 0.6) is 17.2 Å². The summed E-state index contributed by atoms with van der Waals surface area (Å²) in [4.78, 5) is 116. The molecule has 3 N–H and O–H groups in total. The van der Waals surface area contributed by atoms with Gasteiger partial charge in [0.15, 0.2) is 18.2 Å². The molecule has 5 rings (SSSR count). The quantitative estimate of drug-likeness (QED) is 0.0268. The smallest absolute Gasteiger partial charge is 0.490 e. The maximum atomic E-state index is 14.7. The second-order valence-corrected chi connectivity index (χ2v) is 34.1. The molecular weight excluding hydrogens is 1500 g/mol. The third-order valence-corrected chi connectivity index (χ3v) is 23.2. The number of hydrogen-bond acceptors (Lipinski definition) is 19. The summed E-state index contributed by atoms with van der Waals surface area (Å²) in [7, 11) is -8.39. The first-order chi connectivity index (χ1) is 55.2. The van der Waals surface area contributed by atoms with Crippen molar-refractivity contribution < 1.29 is 80.0 Å². The van der Waals surface area contributed by atoms with Gasteiger partial charge in [-0.25, -0.2) is 23.5 Å². The molecule has 25 nitrogen and oxygen atoms in total. The maximum Gasteiger partial charge on any atom is 0.694 e. The fourth-order valence-electron chi connectivity index (χ4n) is 14.9. The first-order valence-corrected chi connectivity index (χ1v) is 47.2. The summed E-state index contributed by atoms with van der Waals surface area (Å²) in [6.45, 7) is 9.79. The molecule has 4 unspecified atom stereocenters. The highest BCUT2D eigenvalue weighted by atomic mass is 31.2. The van der Waals surface area contributed by atoms with Crippen molar-refractivity contribution in [2.45, 2.75) is 419 Å². The minimum absolute atomic E-state index is 0.0262. The van der Waals surface area contributed by atoms with Gasteiger partial charge in [-0.2, -0.15) is 0 Å². The molecule has 650 valence electrons. The highest BCUT2D eigenvalue weighted by Crippen LogP contribution is 2.50. The number of unbranched alkanes of at least 4 members (excludes halogenated alkanes) is 45. The number of aromatic nitrogens is 4. The van der Waals surface area contributed by atoms with Gasteiger partial charge in [0.25, 0.3) is 11.1 Å². The monoisotopic (exact) mass is 1650 g/mol. The Bertz CT molecular complexity index is 3410. The highest BCUT2D eigenvalue weighted by molar-refractivity contribution is 7.47. The van der Waals surface area contributed by atoms with Crippen molar-refractivity contribution in [1.82, 2.24) is 18.7 Å². The number of nitrogens with zero attached hydrogens (tertiary/aromatic N) is 3. The van der Waals surface area contributed by atoms with Crippen molar-refractivity contribution in [2.75, 3.05) is 33.0 Å². The minimum Gasteiger partial charge on any atom is -0.490 e. The number of aryl methyl sites for hydroxylation is 2. The summed E-state index contributed by atoms with van der Waals surface area (Å²) in [6.07, 6.45) is 52.6. The van der Waals surface area contributed by atoms with Crippen molar-refractivity contribution in [3.05, 3.63) is 82.9 Å². The van der Waals surface area contributed by atoms with Crippen molar-refractivity contribution in [3.63, 3.8) is 0 Å². The van der Waals surface area contributed by atoms with Crippen LogP contribution in [0.1, 0.15) is 396 Å². The van der Waals surface area contributed by atoms with Crippen LogP contribution < -0.4 is 36.7 Å². The highest BCUT2D eigenvalue weighted by Gasteiger charge is 2.46. The topological polar surface area (TPSA) is 317 Å². The molecule has 4 heterocycles. The molecule has 0 spiro atoms. The first-order valence-electron chi connectivity index (χ1n) is 44.6. The van der Waals surface area contributed by atoms with Crippen LogP contribution in [0.15, 0.2) is 43.7 Å². The summed E-state index contributed by atoms with van der Waals surface area (Å²) in [5.74, 6) is -0.964. The van der Waals surface area contributed by atoms with Gasteiger partial charge in [0.2, 0.25) is 5.75 Å². The van der Waals surface area contributed by atoms with Crippen LogP contribution in [0, 0.1) is 13.8 Å². The van der Waals surface area contributed by atoms with Crippen molar-refractivity contribution in [3.8, 4) is 17.2 Å². The average molecular weight is 1650 g/mol. The fourth-order valence-corrected chi connectivity index (χ4v) is 16.1. The Balaban J connectivity index is 1.31. The van der Waals surface area contributed by atoms with Crippen LogP contribution in [0.3, 0.4) is 0 Å². The molecule has 3 aromatic rings. The molecule has 0 aliphatic carbocycles. The van der Waals surface area contributed by atoms with Gasteiger partial charge in [-0.05, 0) is 52.2 Å². The molecule has 2 fully saturated rings. The number of nitrogens with one attached hydrogen (secondary N) is 1. The average Bonchev–Trinajstić information content (AvgIpc) is 1.42. The molecule has 0 amide bonds. The Morgan fingerprint density at radius 3 is 1.31 bits per heavy atom. The van der Waals surface area contributed by atoms with E-state index in [1.165, 1.54) is 271 Å². The molecule has 1 aromatic carbocycles. The number of esters is 2. The van der Waals surface area contributed by atoms with Gasteiger partial charge in [0.05, 0.1) is 38.4 Å². The van der Waals surface area contributed by atoms with Crippen LogP contribution in [-0.4, -0.2) is 104 Å². The number of aromatic amines is 1. The van der Waals surface area contributed by atoms with Gasteiger partial charge in [0.1, 0.15) is 49.3 Å². The van der Waals surface area contributed by atoms with Crippen molar-refractivity contribution >= 4 is 33.8 Å². The number of ketones is 1. The molecule has 2 aromatic heterocycles. The van der Waals surface area contributed by atoms with E-state index < -0.39 is 107 Å². The summed E-state index contributed by atoms with van der Waals surface area (Å²) in [5, 5.41) is 0. The lowest BCUT2D eigenvalue weighted by Gasteiger charge is -2.23. The molecule has 114 heavy (non-hydrogen) atoms. The number of hydrogen-bond donors (Lipinski definition) is 3. The first kappa shape index (κ1) is 99.2. The number of benzene rings is 1. The molecule has 0 radical (unpaired) electrons. The van der Waals surface area contributed by atoms with Crippen molar-refractivity contribution in [2.24, 2.45) is 0 Å². The fraction of sp³-hybridized carbons (Fsp3) is 0.805. The second kappa shape index (κ2) is 60.2. The summed E-state index contributed by atoms with van der Waals surface area (Å²) < 4.78 is 87.7. The molecule has 0 bridgehead atoms. The lowest BCUT2D eigenvalue weighted by atomic mass is 10.0. The predicted molar refractivity (Wildman–Crippen MR) is 446 cm³/mol. The third-order valence-electron chi connectivity index (χ3n) is 21.8. The van der Waals surface area contributed by atoms with E-state index in [1.807, 2.05) is 0 Å². The lowest BCUT2D eigenvalue weighted by molar-refractivity contribution is -0.153. The Hall–Kier alpha value is -5.36. The number of carbonyl (C=O) groups excluding carboxylic acids is 3. The Labute approximate surface area is 681 Å². The summed E-state index contributed by atoms with van der Waals surface area (Å²) in [5.41, 5.74) is -3.10. The lowest BCUT2D eigenvalue weighted by Crippen LogP contribution is -2.43. The molecule has 0 saturated carbocycles. The molecule has 2 aliphatic rings. The van der Waals surface area contributed by atoms with Gasteiger partial charge >= 0.3 is 39.4 Å². The maximum absolute atomic E-state index is 14.7. The number of H-pyrrole nitrogens is 1. The Morgan fingerprint density at radius 2 is 0.895 bits per heavy atom. The number of phosphoric ester groups is 1. The second-order valence-electron chi connectivity index (χ2n) is 31.9. The van der Waals surface area contributed by atoms with E-state index in [-0.39, 0.29) is 48.2 Å². The zero-order valence-electron chi connectivity index (χ0n) is 70.7. The van der Waals surface area contributed by atoms with Crippen LogP contribution >= 0.6 is 16.1 Å². The Morgan fingerprint density at radius 1 is 0.518 bits per heavy atom. The minimum atomic E-state index is -5.22. The zero-order chi connectivity index (χ0) is 82.4. The summed E-state index contributed by atoms with van der Waals surface area (Å²) in [6, 6.07) is 3.15. The number of rotatable bonds is 71. The largest absolute Gasteiger partial charge is 0.694 e. The number of phosphoric acid groups is 1. The van der Waals surface area contributed by atoms with E-state index in [0.717, 1.165) is 84.3 Å². The van der Waals surface area contributed by atoms with Gasteiger partial charge in [-0.15, -0.1) is 9.42 Å². The SMILES string of the molecule is CCCCCCCCCCCCCCCCCCOc1cc(C(=O)OCn2c(=O)c(C)cn([C@H]3CC(OC(=O)CCC(C)=O)[C@@H](COP(=O)(O)OC4C[C@H](n5cc(C)c(=O)[nH]c5=O)O[C@@H]4CO[P+](=O)O)O3)c2=O)cc(OCCCCCCCCCCCCCCCCCC)c1OCCCCCCCCCCCCCCCCCC. The van der Waals surface area contributed by atoms with Crippen LogP contribution in [0.25, 0.3) is 0 Å². The van der Waals surface area contributed by atoms with E-state index in [4.69, 9.17) is 46.7 Å². The zero-order valence-corrected chi connectivity index (χ0v) is 72.5. The molecule has 2 aliphatic heterocycles. The predicted octanol–water partition coefficient (Wildman–Crippen LogP) is 20.9. The van der Waals surface area contributed by atoms with Gasteiger partial charge in [0, 0.05) is 47.3 Å². The van der Waals surface area contributed by atoms with E-state index >= 15 is 0 Å². The van der Waals surface area contributed by atoms with Crippen LogP contribution in [0.2, 0.25) is 0 Å². The molecular formula is C87H147N4O21P2+. The normalized spacial score (nSPS) is 17.5. The number of carbonyl (C=O) groups is 3. The third kappa shape index (κ3) is 41.4. The van der Waals surface area contributed by atoms with Crippen molar-refractivity contribution in [1.29, 1.82) is 0 Å². The van der Waals surface area contributed by atoms with E-state index in [2.05, 4.69) is 25.8 Å². The molecule has 8 atom stereocenters. The number of Topliss-reactive ketones (excluding diaryl/α,β-unsaturated/α-hetero) is 1. The Kier molecular flexibility index (Phi) is 52.4.